The summed E-state index contributed by atoms with van der Waals surface area (Å²) in [6.45, 7) is 5.25. The molecule has 2 amide bonds. The van der Waals surface area contributed by atoms with E-state index in [0.717, 1.165) is 22.1 Å². The second-order valence-corrected chi connectivity index (χ2v) is 6.97. The van der Waals surface area contributed by atoms with Gasteiger partial charge in [0.1, 0.15) is 5.41 Å². The van der Waals surface area contributed by atoms with E-state index in [0.29, 0.717) is 5.69 Å². The van der Waals surface area contributed by atoms with E-state index in [9.17, 15) is 9.59 Å². The number of para-hydroxylation sites is 1. The lowest BCUT2D eigenvalue weighted by molar-refractivity contribution is -0.135. The van der Waals surface area contributed by atoms with E-state index in [4.69, 9.17) is 0 Å². The zero-order valence-electron chi connectivity index (χ0n) is 14.0. The van der Waals surface area contributed by atoms with Gasteiger partial charge in [0.05, 0.1) is 0 Å². The first-order valence-electron chi connectivity index (χ1n) is 7.81. The monoisotopic (exact) mass is 388 g/mol. The molecule has 4 nitrogen and oxygen atoms in total. The van der Waals surface area contributed by atoms with Gasteiger partial charge in [-0.15, -0.1) is 0 Å². The lowest BCUT2D eigenvalue weighted by Crippen LogP contribution is -2.41. The number of anilines is 2. The van der Waals surface area contributed by atoms with E-state index >= 15 is 0 Å². The van der Waals surface area contributed by atoms with Crippen molar-refractivity contribution < 1.29 is 9.59 Å². The molecule has 2 aromatic rings. The molecule has 2 N–H and O–H groups in total. The Labute approximate surface area is 150 Å². The number of hydrogen-bond acceptors (Lipinski definition) is 2. The molecule has 126 valence electrons. The molecule has 2 aromatic carbocycles. The molecule has 0 unspecified atom stereocenters. The first-order chi connectivity index (χ1) is 11.3. The fraction of sp³-hybridized carbons (Fsp3) is 0.263. The van der Waals surface area contributed by atoms with Crippen molar-refractivity contribution in [2.75, 3.05) is 10.6 Å². The average molecular weight is 389 g/mol. The molecule has 0 radical (unpaired) electrons. The topological polar surface area (TPSA) is 58.2 Å². The number of carbonyl (C=O) groups excluding carboxylic acids is 2. The summed E-state index contributed by atoms with van der Waals surface area (Å²) in [4.78, 5) is 25.2. The zero-order valence-corrected chi connectivity index (χ0v) is 15.6. The van der Waals surface area contributed by atoms with Crippen molar-refractivity contribution in [3.63, 3.8) is 0 Å². The first-order valence-corrected chi connectivity index (χ1v) is 8.60. The molecule has 5 heteroatoms. The highest BCUT2D eigenvalue weighted by Crippen LogP contribution is 2.24. The predicted molar refractivity (Wildman–Crippen MR) is 101 cm³/mol. The summed E-state index contributed by atoms with van der Waals surface area (Å²) in [7, 11) is 0. The number of halogens is 1. The van der Waals surface area contributed by atoms with E-state index in [1.807, 2.05) is 43.3 Å². The Morgan fingerprint density at radius 1 is 1.00 bits per heavy atom. The molecule has 0 atom stereocenters. The third kappa shape index (κ3) is 4.23. The van der Waals surface area contributed by atoms with Crippen molar-refractivity contribution in [3.8, 4) is 0 Å². The SMILES string of the molecule is CCc1ccccc1NC(=O)C(C)(C)C(=O)Nc1cccc(Br)c1. The van der Waals surface area contributed by atoms with Gasteiger partial charge in [0.15, 0.2) is 0 Å². The maximum Gasteiger partial charge on any atom is 0.239 e. The maximum absolute atomic E-state index is 12.6. The molecule has 0 heterocycles. The Bertz CT molecular complexity index is 757. The molecular weight excluding hydrogens is 368 g/mol. The summed E-state index contributed by atoms with van der Waals surface area (Å²) in [6.07, 6.45) is 0.807. The Morgan fingerprint density at radius 2 is 1.67 bits per heavy atom. The standard InChI is InChI=1S/C19H21BrN2O2/c1-4-13-8-5-6-11-16(13)22-18(24)19(2,3)17(23)21-15-10-7-9-14(20)12-15/h5-12H,4H2,1-3H3,(H,21,23)(H,22,24). The van der Waals surface area contributed by atoms with E-state index in [2.05, 4.69) is 26.6 Å². The van der Waals surface area contributed by atoms with Crippen molar-refractivity contribution in [2.24, 2.45) is 5.41 Å². The molecular formula is C19H21BrN2O2. The molecule has 2 rings (SSSR count). The van der Waals surface area contributed by atoms with Crippen molar-refractivity contribution in [1.82, 2.24) is 0 Å². The number of carbonyl (C=O) groups is 2. The Kier molecular flexibility index (Phi) is 5.78. The number of aryl methyl sites for hydroxylation is 1. The van der Waals surface area contributed by atoms with Crippen LogP contribution in [0.15, 0.2) is 53.0 Å². The molecule has 0 aliphatic rings. The lowest BCUT2D eigenvalue weighted by atomic mass is 9.90. The van der Waals surface area contributed by atoms with Crippen molar-refractivity contribution in [3.05, 3.63) is 58.6 Å². The number of amides is 2. The van der Waals surface area contributed by atoms with Crippen LogP contribution in [0.25, 0.3) is 0 Å². The van der Waals surface area contributed by atoms with Gasteiger partial charge in [-0.05, 0) is 50.1 Å². The van der Waals surface area contributed by atoms with Crippen molar-refractivity contribution in [2.45, 2.75) is 27.2 Å². The van der Waals surface area contributed by atoms with Crippen LogP contribution in [0.2, 0.25) is 0 Å². The Morgan fingerprint density at radius 3 is 2.33 bits per heavy atom. The second kappa shape index (κ2) is 7.62. The van der Waals surface area contributed by atoms with E-state index in [1.165, 1.54) is 0 Å². The normalized spacial score (nSPS) is 11.0. The van der Waals surface area contributed by atoms with E-state index in [1.54, 1.807) is 26.0 Å². The largest absolute Gasteiger partial charge is 0.325 e. The molecule has 0 bridgehead atoms. The highest BCUT2D eigenvalue weighted by Gasteiger charge is 2.36. The summed E-state index contributed by atoms with van der Waals surface area (Å²) in [5.74, 6) is -0.692. The number of nitrogens with one attached hydrogen (secondary N) is 2. The third-order valence-electron chi connectivity index (χ3n) is 3.86. The van der Waals surface area contributed by atoms with Gasteiger partial charge in [0, 0.05) is 15.8 Å². The first kappa shape index (κ1) is 18.2. The summed E-state index contributed by atoms with van der Waals surface area (Å²) < 4.78 is 0.861. The molecule has 0 spiro atoms. The fourth-order valence-corrected chi connectivity index (χ4v) is 2.59. The molecule has 0 aromatic heterocycles. The van der Waals surface area contributed by atoms with Gasteiger partial charge in [-0.25, -0.2) is 0 Å². The molecule has 0 saturated heterocycles. The number of benzene rings is 2. The van der Waals surface area contributed by atoms with Crippen LogP contribution in [0.4, 0.5) is 11.4 Å². The van der Waals surface area contributed by atoms with Crippen LogP contribution in [0.3, 0.4) is 0 Å². The minimum Gasteiger partial charge on any atom is -0.325 e. The average Bonchev–Trinajstić information content (AvgIpc) is 2.55. The van der Waals surface area contributed by atoms with Gasteiger partial charge in [-0.2, -0.15) is 0 Å². The molecule has 0 aliphatic carbocycles. The summed E-state index contributed by atoms with van der Waals surface area (Å²) in [5.41, 5.74) is 1.22. The van der Waals surface area contributed by atoms with Crippen LogP contribution in [-0.4, -0.2) is 11.8 Å². The quantitative estimate of drug-likeness (QED) is 0.734. The van der Waals surface area contributed by atoms with Gasteiger partial charge in [-0.3, -0.25) is 9.59 Å². The maximum atomic E-state index is 12.6. The van der Waals surface area contributed by atoms with Gasteiger partial charge >= 0.3 is 0 Å². The van der Waals surface area contributed by atoms with E-state index < -0.39 is 5.41 Å². The molecule has 0 saturated carbocycles. The van der Waals surface area contributed by atoms with Gasteiger partial charge in [-0.1, -0.05) is 47.1 Å². The van der Waals surface area contributed by atoms with Crippen LogP contribution in [-0.2, 0) is 16.0 Å². The molecule has 0 aliphatic heterocycles. The van der Waals surface area contributed by atoms with Crippen molar-refractivity contribution in [1.29, 1.82) is 0 Å². The highest BCUT2D eigenvalue weighted by molar-refractivity contribution is 9.10. The fourth-order valence-electron chi connectivity index (χ4n) is 2.19. The highest BCUT2D eigenvalue weighted by atomic mass is 79.9. The molecule has 24 heavy (non-hydrogen) atoms. The van der Waals surface area contributed by atoms with Gasteiger partial charge in [0.25, 0.3) is 0 Å². The van der Waals surface area contributed by atoms with Crippen LogP contribution in [0, 0.1) is 5.41 Å². The molecule has 0 fully saturated rings. The van der Waals surface area contributed by atoms with E-state index in [-0.39, 0.29) is 11.8 Å². The van der Waals surface area contributed by atoms with Crippen molar-refractivity contribution >= 4 is 39.1 Å². The summed E-state index contributed by atoms with van der Waals surface area (Å²) in [6, 6.07) is 14.9. The minimum absolute atomic E-state index is 0.337. The minimum atomic E-state index is -1.21. The Balaban J connectivity index is 2.13. The van der Waals surface area contributed by atoms with Crippen LogP contribution in [0.5, 0.6) is 0 Å². The van der Waals surface area contributed by atoms with Gasteiger partial charge in [0.2, 0.25) is 11.8 Å². The zero-order chi connectivity index (χ0) is 17.7. The summed E-state index contributed by atoms with van der Waals surface area (Å²) in [5, 5.41) is 5.66. The number of hydrogen-bond donors (Lipinski definition) is 2. The Hall–Kier alpha value is -2.14. The number of rotatable bonds is 5. The smallest absolute Gasteiger partial charge is 0.239 e. The summed E-state index contributed by atoms with van der Waals surface area (Å²) >= 11 is 3.36. The van der Waals surface area contributed by atoms with Crippen LogP contribution >= 0.6 is 15.9 Å². The second-order valence-electron chi connectivity index (χ2n) is 6.05. The van der Waals surface area contributed by atoms with Crippen LogP contribution < -0.4 is 10.6 Å². The van der Waals surface area contributed by atoms with Gasteiger partial charge < -0.3 is 10.6 Å². The third-order valence-corrected chi connectivity index (χ3v) is 4.36. The predicted octanol–water partition coefficient (Wildman–Crippen LogP) is 4.61. The van der Waals surface area contributed by atoms with Crippen LogP contribution in [0.1, 0.15) is 26.3 Å². The lowest BCUT2D eigenvalue weighted by Gasteiger charge is -2.23.